The van der Waals surface area contributed by atoms with Crippen LogP contribution in [0.15, 0.2) is 53.4 Å². The number of anilines is 1. The molecule has 4 aromatic rings. The lowest BCUT2D eigenvalue weighted by atomic mass is 10.2. The van der Waals surface area contributed by atoms with E-state index in [1.807, 2.05) is 6.92 Å². The average Bonchev–Trinajstić information content (AvgIpc) is 3.30. The molecule has 32 heavy (non-hydrogen) atoms. The average molecular weight is 473 g/mol. The van der Waals surface area contributed by atoms with E-state index in [9.17, 15) is 17.6 Å². The lowest BCUT2D eigenvalue weighted by molar-refractivity contribution is -0.116. The number of halogens is 1. The topological polar surface area (TPSA) is 94.0 Å². The predicted molar refractivity (Wildman–Crippen MR) is 123 cm³/mol. The highest BCUT2D eigenvalue weighted by Gasteiger charge is 2.17. The number of aryl methyl sites for hydroxylation is 2. The number of amides is 1. The first kappa shape index (κ1) is 22.1. The van der Waals surface area contributed by atoms with Gasteiger partial charge in [-0.1, -0.05) is 29.0 Å². The van der Waals surface area contributed by atoms with Crippen molar-refractivity contribution in [2.75, 3.05) is 11.1 Å². The fourth-order valence-corrected chi connectivity index (χ4v) is 5.47. The number of sulfone groups is 1. The Morgan fingerprint density at radius 1 is 1.12 bits per heavy atom. The van der Waals surface area contributed by atoms with Crippen molar-refractivity contribution in [3.63, 3.8) is 0 Å². The van der Waals surface area contributed by atoms with Gasteiger partial charge in [0, 0.05) is 12.5 Å². The van der Waals surface area contributed by atoms with Crippen molar-refractivity contribution >= 4 is 43.1 Å². The van der Waals surface area contributed by atoms with Crippen molar-refractivity contribution < 1.29 is 17.6 Å². The summed E-state index contributed by atoms with van der Waals surface area (Å²) in [5.74, 6) is -0.366. The molecule has 4 rings (SSSR count). The molecule has 1 N–H and O–H groups in total. The summed E-state index contributed by atoms with van der Waals surface area (Å²) < 4.78 is 40.6. The van der Waals surface area contributed by atoms with Crippen LogP contribution in [0.3, 0.4) is 0 Å². The summed E-state index contributed by atoms with van der Waals surface area (Å²) in [4.78, 5) is 17.2. The molecular formula is C22H21FN4O3S2. The highest BCUT2D eigenvalue weighted by Crippen LogP contribution is 2.28. The number of carbonyl (C=O) groups excluding carboxylic acids is 1. The Kier molecular flexibility index (Phi) is 6.07. The molecular weight excluding hydrogens is 451 g/mol. The van der Waals surface area contributed by atoms with Gasteiger partial charge < -0.3 is 5.32 Å². The molecule has 0 radical (unpaired) electrons. The maximum atomic E-state index is 13.5. The Hall–Kier alpha value is -3.11. The van der Waals surface area contributed by atoms with Crippen molar-refractivity contribution in [1.29, 1.82) is 0 Å². The summed E-state index contributed by atoms with van der Waals surface area (Å²) in [7, 11) is -3.45. The molecule has 10 heteroatoms. The van der Waals surface area contributed by atoms with Crippen LogP contribution in [0.2, 0.25) is 0 Å². The summed E-state index contributed by atoms with van der Waals surface area (Å²) in [6.45, 7) is 3.67. The minimum absolute atomic E-state index is 0.0420. The maximum absolute atomic E-state index is 13.5. The van der Waals surface area contributed by atoms with Crippen LogP contribution in [0, 0.1) is 19.7 Å². The molecule has 2 aromatic carbocycles. The Bertz CT molecular complexity index is 1390. The van der Waals surface area contributed by atoms with E-state index in [1.54, 1.807) is 43.3 Å². The van der Waals surface area contributed by atoms with E-state index in [-0.39, 0.29) is 35.2 Å². The van der Waals surface area contributed by atoms with Gasteiger partial charge in [0.15, 0.2) is 9.84 Å². The Balaban J connectivity index is 1.43. The van der Waals surface area contributed by atoms with E-state index < -0.39 is 9.84 Å². The number of carbonyl (C=O) groups is 1. The van der Waals surface area contributed by atoms with E-state index >= 15 is 0 Å². The molecule has 0 spiro atoms. The number of benzene rings is 2. The number of hydrogen-bond donors (Lipinski definition) is 1. The Morgan fingerprint density at radius 3 is 2.62 bits per heavy atom. The summed E-state index contributed by atoms with van der Waals surface area (Å²) in [5, 5.41) is 7.65. The van der Waals surface area contributed by atoms with Gasteiger partial charge >= 0.3 is 0 Å². The van der Waals surface area contributed by atoms with Gasteiger partial charge in [-0.3, -0.25) is 4.79 Å². The quantitative estimate of drug-likeness (QED) is 0.429. The number of aromatic nitrogens is 3. The van der Waals surface area contributed by atoms with Gasteiger partial charge in [-0.2, -0.15) is 9.78 Å². The molecule has 166 valence electrons. The van der Waals surface area contributed by atoms with Crippen molar-refractivity contribution in [2.45, 2.75) is 31.6 Å². The number of hydrogen-bond acceptors (Lipinski definition) is 6. The standard InChI is InChI=1S/C22H21FN4O3S2/c1-14-5-8-17(9-6-14)32(29,30)11-3-4-21(28)25-20-12-15(2)26-27(20)22-24-18-10-7-16(23)13-19(18)31-22/h5-10,12-13H,3-4,11H2,1-2H3,(H,25,28). The minimum Gasteiger partial charge on any atom is -0.311 e. The van der Waals surface area contributed by atoms with Crippen LogP contribution in [-0.2, 0) is 14.6 Å². The van der Waals surface area contributed by atoms with Crippen LogP contribution in [-0.4, -0.2) is 34.8 Å². The molecule has 2 aromatic heterocycles. The molecule has 0 atom stereocenters. The largest absolute Gasteiger partial charge is 0.311 e. The lowest BCUT2D eigenvalue weighted by Crippen LogP contribution is -2.16. The summed E-state index contributed by atoms with van der Waals surface area (Å²) in [5.41, 5.74) is 2.29. The molecule has 0 unspecified atom stereocenters. The van der Waals surface area contributed by atoms with Gasteiger partial charge in [-0.25, -0.2) is 17.8 Å². The normalized spacial score (nSPS) is 11.7. The number of thiazole rings is 1. The van der Waals surface area contributed by atoms with Crippen LogP contribution >= 0.6 is 11.3 Å². The zero-order valence-electron chi connectivity index (χ0n) is 17.5. The van der Waals surface area contributed by atoms with Crippen molar-refractivity contribution in [3.8, 4) is 5.13 Å². The lowest BCUT2D eigenvalue weighted by Gasteiger charge is -2.07. The summed E-state index contributed by atoms with van der Waals surface area (Å²) >= 11 is 1.26. The monoisotopic (exact) mass is 472 g/mol. The van der Waals surface area contributed by atoms with E-state index in [0.717, 1.165) is 5.56 Å². The highest BCUT2D eigenvalue weighted by atomic mass is 32.2. The number of nitrogens with one attached hydrogen (secondary N) is 1. The second kappa shape index (κ2) is 8.79. The number of rotatable bonds is 7. The predicted octanol–water partition coefficient (Wildman–Crippen LogP) is 4.43. The molecule has 0 saturated heterocycles. The fourth-order valence-electron chi connectivity index (χ4n) is 3.20. The minimum atomic E-state index is -3.45. The van der Waals surface area contributed by atoms with Gasteiger partial charge in [0.05, 0.1) is 26.6 Å². The van der Waals surface area contributed by atoms with Gasteiger partial charge in [-0.15, -0.1) is 0 Å². The first-order valence-electron chi connectivity index (χ1n) is 9.94. The maximum Gasteiger partial charge on any atom is 0.225 e. The molecule has 0 aliphatic rings. The number of nitrogens with zero attached hydrogens (tertiary/aromatic N) is 3. The van der Waals surface area contributed by atoms with Crippen LogP contribution < -0.4 is 5.32 Å². The zero-order valence-corrected chi connectivity index (χ0v) is 19.1. The first-order valence-corrected chi connectivity index (χ1v) is 12.4. The third-order valence-electron chi connectivity index (χ3n) is 4.82. The molecule has 0 fully saturated rings. The van der Waals surface area contributed by atoms with E-state index in [1.165, 1.54) is 28.2 Å². The molecule has 0 aliphatic carbocycles. The van der Waals surface area contributed by atoms with E-state index in [0.29, 0.717) is 26.9 Å². The molecule has 0 aliphatic heterocycles. The Morgan fingerprint density at radius 2 is 1.88 bits per heavy atom. The SMILES string of the molecule is Cc1ccc(S(=O)(=O)CCCC(=O)Nc2cc(C)nn2-c2nc3ccc(F)cc3s2)cc1. The van der Waals surface area contributed by atoms with Gasteiger partial charge in [0.1, 0.15) is 11.6 Å². The van der Waals surface area contributed by atoms with Crippen LogP contribution in [0.1, 0.15) is 24.1 Å². The van der Waals surface area contributed by atoms with Crippen LogP contribution in [0.25, 0.3) is 15.3 Å². The van der Waals surface area contributed by atoms with Gasteiger partial charge in [-0.05, 0) is 50.6 Å². The zero-order chi connectivity index (χ0) is 22.9. The molecule has 2 heterocycles. The molecule has 0 saturated carbocycles. The van der Waals surface area contributed by atoms with Crippen LogP contribution in [0.4, 0.5) is 10.2 Å². The molecule has 1 amide bonds. The van der Waals surface area contributed by atoms with Crippen LogP contribution in [0.5, 0.6) is 0 Å². The summed E-state index contributed by atoms with van der Waals surface area (Å²) in [6.07, 6.45) is 0.232. The van der Waals surface area contributed by atoms with Crippen molar-refractivity contribution in [2.24, 2.45) is 0 Å². The molecule has 0 bridgehead atoms. The second-order valence-corrected chi connectivity index (χ2v) is 10.6. The Labute approximate surface area is 188 Å². The number of fused-ring (bicyclic) bond motifs is 1. The van der Waals surface area contributed by atoms with E-state index in [2.05, 4.69) is 15.4 Å². The highest BCUT2D eigenvalue weighted by molar-refractivity contribution is 7.91. The van der Waals surface area contributed by atoms with Gasteiger partial charge in [0.2, 0.25) is 11.0 Å². The van der Waals surface area contributed by atoms with Crippen molar-refractivity contribution in [3.05, 3.63) is 65.6 Å². The third kappa shape index (κ3) is 4.86. The second-order valence-electron chi connectivity index (χ2n) is 7.47. The smallest absolute Gasteiger partial charge is 0.225 e. The molecule has 7 nitrogen and oxygen atoms in total. The van der Waals surface area contributed by atoms with Crippen molar-refractivity contribution in [1.82, 2.24) is 14.8 Å². The third-order valence-corrected chi connectivity index (χ3v) is 7.63. The fraction of sp³-hybridized carbons (Fsp3) is 0.227. The summed E-state index contributed by atoms with van der Waals surface area (Å²) in [6, 6.07) is 12.7. The first-order chi connectivity index (χ1) is 15.2. The van der Waals surface area contributed by atoms with Gasteiger partial charge in [0.25, 0.3) is 0 Å². The van der Waals surface area contributed by atoms with E-state index in [4.69, 9.17) is 0 Å².